The van der Waals surface area contributed by atoms with Crippen molar-refractivity contribution < 1.29 is 13.2 Å². The van der Waals surface area contributed by atoms with E-state index in [0.29, 0.717) is 29.8 Å². The minimum absolute atomic E-state index is 0. The highest BCUT2D eigenvalue weighted by molar-refractivity contribution is 14.0. The van der Waals surface area contributed by atoms with Crippen molar-refractivity contribution in [2.45, 2.75) is 4.21 Å². The molecule has 0 bridgehead atoms. The molecular formula is C17H26IN7O3S2. The van der Waals surface area contributed by atoms with Gasteiger partial charge in [0.1, 0.15) is 10.8 Å². The molecule has 0 aliphatic carbocycles. The lowest BCUT2D eigenvalue weighted by molar-refractivity contribution is -0.120. The Bertz CT molecular complexity index is 975. The molecule has 1 N–H and O–H groups in total. The number of carbonyl (C=O) groups excluding carboxylic acids is 1. The van der Waals surface area contributed by atoms with Gasteiger partial charge in [0.05, 0.1) is 11.9 Å². The summed E-state index contributed by atoms with van der Waals surface area (Å²) in [6, 6.07) is 3.31. The van der Waals surface area contributed by atoms with Crippen LogP contribution in [0.15, 0.2) is 39.1 Å². The molecule has 1 aliphatic heterocycles. The zero-order chi connectivity index (χ0) is 21.0. The molecule has 13 heteroatoms. The molecule has 1 fully saturated rings. The number of anilines is 1. The number of sulfonamides is 1. The number of hydrogen-bond acceptors (Lipinski definition) is 6. The number of aromatic nitrogens is 2. The lowest BCUT2D eigenvalue weighted by Gasteiger charge is -2.35. The van der Waals surface area contributed by atoms with Crippen LogP contribution in [-0.2, 0) is 21.9 Å². The summed E-state index contributed by atoms with van der Waals surface area (Å²) in [5.74, 6) is 0.538. The molecule has 3 rings (SSSR count). The number of hydrogen-bond donors (Lipinski definition) is 1. The van der Waals surface area contributed by atoms with Crippen molar-refractivity contribution in [2.24, 2.45) is 12.0 Å². The van der Waals surface area contributed by atoms with Gasteiger partial charge in [0, 0.05) is 53.5 Å². The van der Waals surface area contributed by atoms with Gasteiger partial charge in [0.15, 0.2) is 5.96 Å². The molecule has 3 heterocycles. The number of carbonyl (C=O) groups is 1. The van der Waals surface area contributed by atoms with Gasteiger partial charge in [-0.2, -0.15) is 9.40 Å². The van der Waals surface area contributed by atoms with Gasteiger partial charge in [-0.15, -0.1) is 35.3 Å². The summed E-state index contributed by atoms with van der Waals surface area (Å²) in [5, 5.41) is 9.00. The van der Waals surface area contributed by atoms with Gasteiger partial charge in [-0.05, 0) is 11.4 Å². The van der Waals surface area contributed by atoms with Crippen LogP contribution in [0.1, 0.15) is 0 Å². The Morgan fingerprint density at radius 1 is 1.40 bits per heavy atom. The standard InChI is InChI=1S/C17H25N7O3S2.HI/c1-18-17(19-6-7-22(3)29(26,27)16-5-4-10-28-16)23-8-9-24(15(25)13-23)14-11-20-21(2)12-14;/h4-5,10-12H,6-9,13H2,1-3H3,(H,18,19);1H. The molecule has 1 saturated heterocycles. The van der Waals surface area contributed by atoms with E-state index in [-0.39, 0.29) is 43.0 Å². The predicted molar refractivity (Wildman–Crippen MR) is 128 cm³/mol. The number of nitrogens with zero attached hydrogens (tertiary/aromatic N) is 6. The van der Waals surface area contributed by atoms with Crippen LogP contribution >= 0.6 is 35.3 Å². The maximum Gasteiger partial charge on any atom is 0.252 e. The lowest BCUT2D eigenvalue weighted by Crippen LogP contribution is -2.56. The summed E-state index contributed by atoms with van der Waals surface area (Å²) >= 11 is 1.20. The summed E-state index contributed by atoms with van der Waals surface area (Å²) < 4.78 is 28.2. The van der Waals surface area contributed by atoms with Crippen molar-refractivity contribution in [1.82, 2.24) is 24.3 Å². The van der Waals surface area contributed by atoms with E-state index in [9.17, 15) is 13.2 Å². The summed E-state index contributed by atoms with van der Waals surface area (Å²) in [5.41, 5.74) is 0.778. The number of nitrogens with one attached hydrogen (secondary N) is 1. The maximum absolute atomic E-state index is 12.6. The highest BCUT2D eigenvalue weighted by Gasteiger charge is 2.28. The number of thiophene rings is 1. The fraction of sp³-hybridized carbons (Fsp3) is 0.471. The fourth-order valence-electron chi connectivity index (χ4n) is 3.02. The van der Waals surface area contributed by atoms with Crippen molar-refractivity contribution >= 4 is 62.9 Å². The second-order valence-corrected chi connectivity index (χ2v) is 9.79. The number of halogens is 1. The summed E-state index contributed by atoms with van der Waals surface area (Å²) in [6.45, 7) is 1.99. The van der Waals surface area contributed by atoms with Crippen molar-refractivity contribution in [3.8, 4) is 0 Å². The fourth-order valence-corrected chi connectivity index (χ4v) is 5.39. The largest absolute Gasteiger partial charge is 0.355 e. The molecule has 1 amide bonds. The van der Waals surface area contributed by atoms with E-state index in [0.717, 1.165) is 5.69 Å². The number of guanidine groups is 1. The quantitative estimate of drug-likeness (QED) is 0.313. The van der Waals surface area contributed by atoms with Gasteiger partial charge >= 0.3 is 0 Å². The zero-order valence-electron chi connectivity index (χ0n) is 17.1. The van der Waals surface area contributed by atoms with Crippen LogP contribution in [0, 0.1) is 0 Å². The number of piperazine rings is 1. The number of aryl methyl sites for hydroxylation is 1. The molecule has 2 aromatic rings. The smallest absolute Gasteiger partial charge is 0.252 e. The lowest BCUT2D eigenvalue weighted by atomic mass is 10.3. The maximum atomic E-state index is 12.6. The first-order valence-corrected chi connectivity index (χ1v) is 11.4. The third kappa shape index (κ3) is 5.50. The van der Waals surface area contributed by atoms with Crippen LogP contribution in [0.3, 0.4) is 0 Å². The van der Waals surface area contributed by atoms with Crippen molar-refractivity contribution in [3.63, 3.8) is 0 Å². The van der Waals surface area contributed by atoms with Crippen molar-refractivity contribution in [1.29, 1.82) is 0 Å². The van der Waals surface area contributed by atoms with E-state index < -0.39 is 10.0 Å². The van der Waals surface area contributed by atoms with Gasteiger partial charge in [-0.1, -0.05) is 6.07 Å². The molecule has 0 atom stereocenters. The van der Waals surface area contributed by atoms with Gasteiger partial charge < -0.3 is 15.1 Å². The Kier molecular flexibility index (Phi) is 8.63. The molecule has 2 aromatic heterocycles. The molecule has 0 spiro atoms. The predicted octanol–water partition coefficient (Wildman–Crippen LogP) is 0.644. The Morgan fingerprint density at radius 2 is 2.17 bits per heavy atom. The van der Waals surface area contributed by atoms with E-state index in [1.807, 2.05) is 18.1 Å². The number of amides is 1. The average molecular weight is 567 g/mol. The first-order chi connectivity index (χ1) is 13.8. The average Bonchev–Trinajstić information content (AvgIpc) is 3.37. The van der Waals surface area contributed by atoms with Crippen LogP contribution in [-0.4, -0.2) is 86.1 Å². The Morgan fingerprint density at radius 3 is 2.73 bits per heavy atom. The molecular weight excluding hydrogens is 541 g/mol. The summed E-state index contributed by atoms with van der Waals surface area (Å²) in [7, 11) is 1.53. The number of aliphatic imine (C=N–C) groups is 1. The minimum Gasteiger partial charge on any atom is -0.355 e. The number of likely N-dealkylation sites (N-methyl/N-ethyl adjacent to an activating group) is 1. The molecule has 166 valence electrons. The van der Waals surface area contributed by atoms with Crippen LogP contribution < -0.4 is 10.2 Å². The third-order valence-electron chi connectivity index (χ3n) is 4.60. The molecule has 0 aromatic carbocycles. The Balaban J connectivity index is 0.00000320. The minimum atomic E-state index is -3.48. The first kappa shape index (κ1) is 24.6. The zero-order valence-corrected chi connectivity index (χ0v) is 21.0. The van der Waals surface area contributed by atoms with Gasteiger partial charge in [0.2, 0.25) is 5.91 Å². The van der Waals surface area contributed by atoms with Crippen LogP contribution in [0.4, 0.5) is 5.69 Å². The van der Waals surface area contributed by atoms with E-state index >= 15 is 0 Å². The van der Waals surface area contributed by atoms with E-state index in [1.54, 1.807) is 47.4 Å². The van der Waals surface area contributed by atoms with Crippen LogP contribution in [0.25, 0.3) is 0 Å². The molecule has 10 nitrogen and oxygen atoms in total. The van der Waals surface area contributed by atoms with Crippen molar-refractivity contribution in [2.75, 3.05) is 51.7 Å². The van der Waals surface area contributed by atoms with Gasteiger partial charge in [-0.25, -0.2) is 8.42 Å². The summed E-state index contributed by atoms with van der Waals surface area (Å²) in [6.07, 6.45) is 3.48. The Labute approximate surface area is 197 Å². The highest BCUT2D eigenvalue weighted by Crippen LogP contribution is 2.19. The van der Waals surface area contributed by atoms with Crippen molar-refractivity contribution in [3.05, 3.63) is 29.9 Å². The molecule has 0 radical (unpaired) electrons. The molecule has 0 saturated carbocycles. The Hall–Kier alpha value is -1.71. The second kappa shape index (κ2) is 10.5. The topological polar surface area (TPSA) is 103 Å². The SMILES string of the molecule is CN=C(NCCN(C)S(=O)(=O)c1cccs1)N1CCN(c2cnn(C)c2)C(=O)C1.I. The highest BCUT2D eigenvalue weighted by atomic mass is 127. The van der Waals surface area contributed by atoms with Crippen LogP contribution in [0.5, 0.6) is 0 Å². The van der Waals surface area contributed by atoms with Gasteiger partial charge in [-0.3, -0.25) is 14.5 Å². The van der Waals surface area contributed by atoms with E-state index in [4.69, 9.17) is 0 Å². The number of rotatable bonds is 6. The van der Waals surface area contributed by atoms with Gasteiger partial charge in [0.25, 0.3) is 10.0 Å². The van der Waals surface area contributed by atoms with E-state index in [1.165, 1.54) is 15.6 Å². The normalized spacial score (nSPS) is 15.5. The van der Waals surface area contributed by atoms with E-state index in [2.05, 4.69) is 15.4 Å². The summed E-state index contributed by atoms with van der Waals surface area (Å²) in [4.78, 5) is 20.4. The second-order valence-electron chi connectivity index (χ2n) is 6.57. The molecule has 1 aliphatic rings. The first-order valence-electron chi connectivity index (χ1n) is 9.07. The monoisotopic (exact) mass is 567 g/mol. The third-order valence-corrected chi connectivity index (χ3v) is 7.83. The molecule has 30 heavy (non-hydrogen) atoms. The van der Waals surface area contributed by atoms with Crippen LogP contribution in [0.2, 0.25) is 0 Å². The molecule has 0 unspecified atom stereocenters.